The van der Waals surface area contributed by atoms with E-state index >= 15 is 0 Å². The highest BCUT2D eigenvalue weighted by molar-refractivity contribution is 14.0. The molecule has 0 aliphatic carbocycles. The van der Waals surface area contributed by atoms with Gasteiger partial charge in [-0.1, -0.05) is 37.3 Å². The fraction of sp³-hybridized carbons (Fsp3) is 0.391. The Labute approximate surface area is 196 Å². The predicted octanol–water partition coefficient (Wildman–Crippen LogP) is 3.89. The van der Waals surface area contributed by atoms with Gasteiger partial charge >= 0.3 is 0 Å². The summed E-state index contributed by atoms with van der Waals surface area (Å²) in [6.45, 7) is 7.96. The molecule has 0 aromatic heterocycles. The molecule has 1 amide bonds. The summed E-state index contributed by atoms with van der Waals surface area (Å²) >= 11 is 0. The lowest BCUT2D eigenvalue weighted by Crippen LogP contribution is -2.41. The first-order valence-electron chi connectivity index (χ1n) is 10.1. The van der Waals surface area contributed by atoms with Gasteiger partial charge in [-0.3, -0.25) is 9.79 Å². The summed E-state index contributed by atoms with van der Waals surface area (Å²) in [7, 11) is 1.73. The van der Waals surface area contributed by atoms with Crippen molar-refractivity contribution in [2.24, 2.45) is 4.99 Å². The van der Waals surface area contributed by atoms with E-state index in [-0.39, 0.29) is 36.0 Å². The van der Waals surface area contributed by atoms with Gasteiger partial charge in [0, 0.05) is 25.7 Å². The highest BCUT2D eigenvalue weighted by Gasteiger charge is 2.08. The van der Waals surface area contributed by atoms with Crippen molar-refractivity contribution < 1.29 is 9.53 Å². The molecule has 2 rings (SSSR count). The number of para-hydroxylation sites is 1. The van der Waals surface area contributed by atoms with Gasteiger partial charge in [-0.05, 0) is 49.6 Å². The number of carbonyl (C=O) groups excluding carboxylic acids is 1. The summed E-state index contributed by atoms with van der Waals surface area (Å²) in [5.41, 5.74) is 2.80. The molecule has 1 atom stereocenters. The van der Waals surface area contributed by atoms with Crippen LogP contribution in [-0.4, -0.2) is 38.1 Å². The number of nitrogens with one attached hydrogen (secondary N) is 3. The first kappa shape index (κ1) is 25.7. The summed E-state index contributed by atoms with van der Waals surface area (Å²) < 4.78 is 5.99. The molecule has 0 saturated carbocycles. The van der Waals surface area contributed by atoms with Crippen LogP contribution < -0.4 is 20.7 Å². The fourth-order valence-corrected chi connectivity index (χ4v) is 2.76. The number of carbonyl (C=O) groups is 1. The van der Waals surface area contributed by atoms with E-state index in [1.807, 2.05) is 69.3 Å². The fourth-order valence-electron chi connectivity index (χ4n) is 2.76. The Morgan fingerprint density at radius 3 is 2.57 bits per heavy atom. The Morgan fingerprint density at radius 1 is 1.10 bits per heavy atom. The van der Waals surface area contributed by atoms with Gasteiger partial charge in [0.05, 0.1) is 6.54 Å². The third kappa shape index (κ3) is 8.61. The molecule has 164 valence electrons. The third-order valence-electron chi connectivity index (χ3n) is 4.39. The van der Waals surface area contributed by atoms with Crippen molar-refractivity contribution in [2.75, 3.05) is 20.1 Å². The van der Waals surface area contributed by atoms with Crippen LogP contribution in [0.3, 0.4) is 0 Å². The summed E-state index contributed by atoms with van der Waals surface area (Å²) in [5.74, 6) is 1.53. The maximum absolute atomic E-state index is 12.1. The zero-order chi connectivity index (χ0) is 21.1. The molecule has 0 radical (unpaired) electrons. The summed E-state index contributed by atoms with van der Waals surface area (Å²) in [6, 6.07) is 15.6. The van der Waals surface area contributed by atoms with Gasteiger partial charge in [0.15, 0.2) is 5.96 Å². The standard InChI is InChI=1S/C23H32N4O2.HI/c1-5-13-25-22(28)20-11-8-10-19(14-20)16-27-23(24-4)26-15-18(3)29-21-12-7-6-9-17(21)2;/h6-12,14,18H,5,13,15-16H2,1-4H3,(H,25,28)(H2,24,26,27);1H. The molecule has 6 nitrogen and oxygen atoms in total. The van der Waals surface area contributed by atoms with E-state index in [0.29, 0.717) is 31.2 Å². The van der Waals surface area contributed by atoms with Gasteiger partial charge in [-0.15, -0.1) is 24.0 Å². The molecule has 7 heteroatoms. The van der Waals surface area contributed by atoms with Crippen LogP contribution in [0, 0.1) is 6.92 Å². The van der Waals surface area contributed by atoms with Crippen LogP contribution in [0.2, 0.25) is 0 Å². The highest BCUT2D eigenvalue weighted by Crippen LogP contribution is 2.17. The SMILES string of the molecule is CCCNC(=O)c1cccc(CNC(=NC)NCC(C)Oc2ccccc2C)c1.I. The maximum Gasteiger partial charge on any atom is 0.251 e. The second kappa shape index (κ2) is 13.8. The molecule has 0 spiro atoms. The second-order valence-electron chi connectivity index (χ2n) is 6.96. The molecule has 0 bridgehead atoms. The van der Waals surface area contributed by atoms with Crippen LogP contribution in [0.4, 0.5) is 0 Å². The molecule has 3 N–H and O–H groups in total. The molecule has 0 saturated heterocycles. The molecule has 2 aromatic carbocycles. The number of rotatable bonds is 9. The molecule has 1 unspecified atom stereocenters. The first-order chi connectivity index (χ1) is 14.0. The largest absolute Gasteiger partial charge is 0.489 e. The Morgan fingerprint density at radius 2 is 1.87 bits per heavy atom. The van der Waals surface area contributed by atoms with E-state index < -0.39 is 0 Å². The molecule has 0 aliphatic heterocycles. The van der Waals surface area contributed by atoms with Gasteiger partial charge in [-0.2, -0.15) is 0 Å². The zero-order valence-electron chi connectivity index (χ0n) is 18.2. The minimum atomic E-state index is -0.0432. The van der Waals surface area contributed by atoms with Crippen molar-refractivity contribution in [1.82, 2.24) is 16.0 Å². The number of nitrogens with zero attached hydrogens (tertiary/aromatic N) is 1. The summed E-state index contributed by atoms with van der Waals surface area (Å²) in [6.07, 6.45) is 0.904. The van der Waals surface area contributed by atoms with Crippen LogP contribution in [-0.2, 0) is 6.54 Å². The first-order valence-corrected chi connectivity index (χ1v) is 10.1. The normalized spacial score (nSPS) is 11.8. The topological polar surface area (TPSA) is 74.8 Å². The quantitative estimate of drug-likeness (QED) is 0.265. The molecular weight excluding hydrogens is 491 g/mol. The van der Waals surface area contributed by atoms with E-state index in [4.69, 9.17) is 4.74 Å². The lowest BCUT2D eigenvalue weighted by atomic mass is 10.1. The number of hydrogen-bond acceptors (Lipinski definition) is 3. The number of aliphatic imine (C=N–C) groups is 1. The molecule has 30 heavy (non-hydrogen) atoms. The monoisotopic (exact) mass is 524 g/mol. The number of benzene rings is 2. The Bertz CT molecular complexity index is 826. The van der Waals surface area contributed by atoms with Crippen LogP contribution in [0.5, 0.6) is 5.75 Å². The smallest absolute Gasteiger partial charge is 0.251 e. The van der Waals surface area contributed by atoms with E-state index in [2.05, 4.69) is 20.9 Å². The van der Waals surface area contributed by atoms with Crippen molar-refractivity contribution in [1.29, 1.82) is 0 Å². The average Bonchev–Trinajstić information content (AvgIpc) is 2.74. The number of hydrogen-bond donors (Lipinski definition) is 3. The Kier molecular flexibility index (Phi) is 11.9. The highest BCUT2D eigenvalue weighted by atomic mass is 127. The molecule has 0 heterocycles. The van der Waals surface area contributed by atoms with Crippen molar-refractivity contribution in [2.45, 2.75) is 39.8 Å². The van der Waals surface area contributed by atoms with Gasteiger partial charge in [0.2, 0.25) is 0 Å². The van der Waals surface area contributed by atoms with Gasteiger partial charge < -0.3 is 20.7 Å². The Hall–Kier alpha value is -2.29. The van der Waals surface area contributed by atoms with Crippen LogP contribution in [0.15, 0.2) is 53.5 Å². The second-order valence-corrected chi connectivity index (χ2v) is 6.96. The summed E-state index contributed by atoms with van der Waals surface area (Å²) in [5, 5.41) is 9.46. The number of ether oxygens (including phenoxy) is 1. The lowest BCUT2D eigenvalue weighted by Gasteiger charge is -2.19. The number of aryl methyl sites for hydroxylation is 1. The van der Waals surface area contributed by atoms with Crippen molar-refractivity contribution in [3.8, 4) is 5.75 Å². The van der Waals surface area contributed by atoms with Crippen molar-refractivity contribution in [3.63, 3.8) is 0 Å². The molecule has 2 aromatic rings. The van der Waals surface area contributed by atoms with Gasteiger partial charge in [0.1, 0.15) is 11.9 Å². The number of halogens is 1. The molecular formula is C23H33IN4O2. The minimum Gasteiger partial charge on any atom is -0.489 e. The number of amides is 1. The van der Waals surface area contributed by atoms with E-state index in [9.17, 15) is 4.79 Å². The van der Waals surface area contributed by atoms with E-state index in [0.717, 1.165) is 23.3 Å². The Balaban J connectivity index is 0.00000450. The van der Waals surface area contributed by atoms with E-state index in [1.165, 1.54) is 0 Å². The van der Waals surface area contributed by atoms with Crippen LogP contribution in [0.25, 0.3) is 0 Å². The van der Waals surface area contributed by atoms with Gasteiger partial charge in [-0.25, -0.2) is 0 Å². The predicted molar refractivity (Wildman–Crippen MR) is 134 cm³/mol. The van der Waals surface area contributed by atoms with Gasteiger partial charge in [0.25, 0.3) is 5.91 Å². The average molecular weight is 524 g/mol. The number of guanidine groups is 1. The third-order valence-corrected chi connectivity index (χ3v) is 4.39. The zero-order valence-corrected chi connectivity index (χ0v) is 20.5. The van der Waals surface area contributed by atoms with Crippen molar-refractivity contribution in [3.05, 3.63) is 65.2 Å². The molecule has 0 aliphatic rings. The molecule has 0 fully saturated rings. The maximum atomic E-state index is 12.1. The minimum absolute atomic E-state index is 0. The lowest BCUT2D eigenvalue weighted by molar-refractivity contribution is 0.0953. The van der Waals surface area contributed by atoms with Crippen LogP contribution in [0.1, 0.15) is 41.8 Å². The van der Waals surface area contributed by atoms with Crippen LogP contribution >= 0.6 is 24.0 Å². The summed E-state index contributed by atoms with van der Waals surface area (Å²) in [4.78, 5) is 16.4. The van der Waals surface area contributed by atoms with E-state index in [1.54, 1.807) is 7.05 Å². The van der Waals surface area contributed by atoms with Crippen molar-refractivity contribution >= 4 is 35.8 Å².